The number of piperidine rings is 1. The van der Waals surface area contributed by atoms with Crippen LogP contribution in [0.25, 0.3) is 11.1 Å². The quantitative estimate of drug-likeness (QED) is 0.147. The fourth-order valence-electron chi connectivity index (χ4n) is 4.19. The van der Waals surface area contributed by atoms with Crippen molar-refractivity contribution in [3.63, 3.8) is 0 Å². The number of carbonyl (C=O) groups is 1. The standard InChI is InChI=1S/C30H37FN4O6Si/c1-30(2,3)42(4,5)40-20-22-7-6-8-26(27(22)31)23-17-32-28(33-18-23)39-19-21-13-15-34(16-14-21)29(36)41-25-11-9-24(10-12-25)35(37)38/h6-12,17-18,21H,13-16,19-20H2,1-5H3. The molecular weight excluding hydrogens is 559 g/mol. The van der Waals surface area contributed by atoms with Gasteiger partial charge in [0.1, 0.15) is 11.6 Å². The molecule has 12 heteroatoms. The van der Waals surface area contributed by atoms with Gasteiger partial charge in [-0.2, -0.15) is 0 Å². The number of nitro benzene ring substituents is 1. The smallest absolute Gasteiger partial charge is 0.415 e. The molecule has 0 bridgehead atoms. The molecule has 2 aromatic carbocycles. The van der Waals surface area contributed by atoms with Crippen molar-refractivity contribution in [1.29, 1.82) is 0 Å². The third-order valence-electron chi connectivity index (χ3n) is 7.99. The first kappa shape index (κ1) is 31.0. The number of amides is 1. The van der Waals surface area contributed by atoms with Gasteiger partial charge in [-0.05, 0) is 49.0 Å². The second kappa shape index (κ2) is 12.9. The Hall–Kier alpha value is -3.90. The van der Waals surface area contributed by atoms with Crippen molar-refractivity contribution in [1.82, 2.24) is 14.9 Å². The Morgan fingerprint density at radius 1 is 1.10 bits per heavy atom. The number of hydrogen-bond donors (Lipinski definition) is 0. The summed E-state index contributed by atoms with van der Waals surface area (Å²) in [5, 5.41) is 10.8. The van der Waals surface area contributed by atoms with E-state index in [9.17, 15) is 14.9 Å². The lowest BCUT2D eigenvalue weighted by molar-refractivity contribution is -0.384. The number of aromatic nitrogens is 2. The molecule has 0 unspecified atom stereocenters. The van der Waals surface area contributed by atoms with Gasteiger partial charge in [0, 0.05) is 54.3 Å². The van der Waals surface area contributed by atoms with Crippen LogP contribution in [-0.4, -0.2) is 53.9 Å². The lowest BCUT2D eigenvalue weighted by Gasteiger charge is -2.36. The molecular formula is C30H37FN4O6Si. The van der Waals surface area contributed by atoms with E-state index in [1.165, 1.54) is 24.3 Å². The first-order chi connectivity index (χ1) is 19.8. The maximum absolute atomic E-state index is 15.4. The summed E-state index contributed by atoms with van der Waals surface area (Å²) in [4.78, 5) is 32.9. The van der Waals surface area contributed by atoms with Gasteiger partial charge in [-0.1, -0.05) is 39.0 Å². The lowest BCUT2D eigenvalue weighted by Crippen LogP contribution is -2.41. The van der Waals surface area contributed by atoms with Crippen LogP contribution in [0.1, 0.15) is 39.2 Å². The maximum atomic E-state index is 15.4. The first-order valence-electron chi connectivity index (χ1n) is 13.9. The van der Waals surface area contributed by atoms with Crippen LogP contribution >= 0.6 is 0 Å². The van der Waals surface area contributed by atoms with Crippen LogP contribution in [0.2, 0.25) is 18.1 Å². The molecule has 1 aromatic heterocycles. The Morgan fingerprint density at radius 3 is 2.33 bits per heavy atom. The van der Waals surface area contributed by atoms with Gasteiger partial charge in [0.15, 0.2) is 8.32 Å². The van der Waals surface area contributed by atoms with Crippen molar-refractivity contribution >= 4 is 20.1 Å². The molecule has 10 nitrogen and oxygen atoms in total. The Bertz CT molecular complexity index is 1390. The molecule has 4 rings (SSSR count). The van der Waals surface area contributed by atoms with E-state index >= 15 is 4.39 Å². The van der Waals surface area contributed by atoms with Crippen LogP contribution < -0.4 is 9.47 Å². The normalized spacial score (nSPS) is 14.5. The van der Waals surface area contributed by atoms with Crippen molar-refractivity contribution in [3.05, 3.63) is 76.4 Å². The number of halogens is 1. The van der Waals surface area contributed by atoms with Crippen LogP contribution in [0.15, 0.2) is 54.9 Å². The molecule has 1 aliphatic rings. The number of carbonyl (C=O) groups excluding carboxylic acids is 1. The van der Waals surface area contributed by atoms with Gasteiger partial charge in [-0.3, -0.25) is 10.1 Å². The van der Waals surface area contributed by atoms with Crippen LogP contribution in [0.4, 0.5) is 14.9 Å². The van der Waals surface area contributed by atoms with Gasteiger partial charge in [0.2, 0.25) is 0 Å². The summed E-state index contributed by atoms with van der Waals surface area (Å²) in [6.07, 6.45) is 4.03. The van der Waals surface area contributed by atoms with Crippen LogP contribution in [0.5, 0.6) is 11.8 Å². The minimum Gasteiger partial charge on any atom is -0.463 e. The Balaban J connectivity index is 1.26. The maximum Gasteiger partial charge on any atom is 0.415 e. The highest BCUT2D eigenvalue weighted by Gasteiger charge is 2.37. The number of likely N-dealkylation sites (tertiary alicyclic amines) is 1. The predicted molar refractivity (Wildman–Crippen MR) is 158 cm³/mol. The van der Waals surface area contributed by atoms with E-state index in [1.54, 1.807) is 35.5 Å². The van der Waals surface area contributed by atoms with Crippen molar-refractivity contribution in [2.45, 2.75) is 58.4 Å². The zero-order chi connectivity index (χ0) is 30.5. The van der Waals surface area contributed by atoms with Crippen molar-refractivity contribution < 1.29 is 28.0 Å². The Morgan fingerprint density at radius 2 is 1.74 bits per heavy atom. The Kier molecular flexibility index (Phi) is 9.57. The minimum absolute atomic E-state index is 0.0325. The molecule has 3 aromatic rings. The van der Waals surface area contributed by atoms with Gasteiger partial charge in [-0.15, -0.1) is 0 Å². The van der Waals surface area contributed by atoms with Crippen LogP contribution in [0.3, 0.4) is 0 Å². The summed E-state index contributed by atoms with van der Waals surface area (Å²) in [5.74, 6) is 0.113. The highest BCUT2D eigenvalue weighted by Crippen LogP contribution is 2.37. The summed E-state index contributed by atoms with van der Waals surface area (Å²) in [5.41, 5.74) is 1.39. The molecule has 1 aliphatic heterocycles. The van der Waals surface area contributed by atoms with E-state index < -0.39 is 19.3 Å². The summed E-state index contributed by atoms with van der Waals surface area (Å²) in [6, 6.07) is 10.8. The summed E-state index contributed by atoms with van der Waals surface area (Å²) in [6.45, 7) is 12.3. The minimum atomic E-state index is -2.02. The molecule has 0 N–H and O–H groups in total. The number of nitrogens with zero attached hydrogens (tertiary/aromatic N) is 4. The number of hydrogen-bond acceptors (Lipinski definition) is 8. The molecule has 1 amide bonds. The molecule has 42 heavy (non-hydrogen) atoms. The van der Waals surface area contributed by atoms with Crippen molar-refractivity contribution in [3.8, 4) is 22.9 Å². The summed E-state index contributed by atoms with van der Waals surface area (Å²) >= 11 is 0. The van der Waals surface area contributed by atoms with Gasteiger partial charge in [0.05, 0.1) is 18.1 Å². The third kappa shape index (κ3) is 7.68. The van der Waals surface area contributed by atoms with E-state index in [1.807, 2.05) is 0 Å². The van der Waals surface area contributed by atoms with E-state index in [2.05, 4.69) is 43.8 Å². The Labute approximate surface area is 246 Å². The van der Waals surface area contributed by atoms with Gasteiger partial charge < -0.3 is 18.8 Å². The number of benzene rings is 2. The molecule has 1 saturated heterocycles. The number of nitro groups is 1. The molecule has 0 aliphatic carbocycles. The average molecular weight is 597 g/mol. The summed E-state index contributed by atoms with van der Waals surface area (Å²) in [7, 11) is -2.02. The molecule has 2 heterocycles. The zero-order valence-electron chi connectivity index (χ0n) is 24.6. The molecule has 0 spiro atoms. The number of rotatable bonds is 9. The van der Waals surface area contributed by atoms with Gasteiger partial charge in [0.25, 0.3) is 5.69 Å². The monoisotopic (exact) mass is 596 g/mol. The van der Waals surface area contributed by atoms with Crippen molar-refractivity contribution in [2.75, 3.05) is 19.7 Å². The lowest BCUT2D eigenvalue weighted by atomic mass is 9.98. The largest absolute Gasteiger partial charge is 0.463 e. The topological polar surface area (TPSA) is 117 Å². The van der Waals surface area contributed by atoms with E-state index in [0.717, 1.165) is 0 Å². The molecule has 1 fully saturated rings. The van der Waals surface area contributed by atoms with Gasteiger partial charge in [-0.25, -0.2) is 19.2 Å². The van der Waals surface area contributed by atoms with Crippen LogP contribution in [0, 0.1) is 21.8 Å². The second-order valence-corrected chi connectivity index (χ2v) is 16.8. The fraction of sp³-hybridized carbons (Fsp3) is 0.433. The SMILES string of the molecule is CC(C)(C)[Si](C)(C)OCc1cccc(-c2cnc(OCC3CCN(C(=O)Oc4ccc([N+](=O)[O-])cc4)CC3)nc2)c1F. The third-order valence-corrected chi connectivity index (χ3v) is 12.5. The average Bonchev–Trinajstić information content (AvgIpc) is 2.96. The molecule has 0 atom stereocenters. The zero-order valence-corrected chi connectivity index (χ0v) is 25.6. The van der Waals surface area contributed by atoms with E-state index in [0.29, 0.717) is 49.2 Å². The van der Waals surface area contributed by atoms with E-state index in [-0.39, 0.29) is 40.8 Å². The van der Waals surface area contributed by atoms with E-state index in [4.69, 9.17) is 13.9 Å². The molecule has 224 valence electrons. The second-order valence-electron chi connectivity index (χ2n) is 11.9. The highest BCUT2D eigenvalue weighted by molar-refractivity contribution is 6.74. The fourth-order valence-corrected chi connectivity index (χ4v) is 5.14. The molecule has 0 saturated carbocycles. The van der Waals surface area contributed by atoms with Gasteiger partial charge >= 0.3 is 12.1 Å². The summed E-state index contributed by atoms with van der Waals surface area (Å²) < 4.78 is 32.7. The van der Waals surface area contributed by atoms with Crippen LogP contribution in [-0.2, 0) is 11.0 Å². The van der Waals surface area contributed by atoms with Crippen molar-refractivity contribution in [2.24, 2.45) is 5.92 Å². The highest BCUT2D eigenvalue weighted by atomic mass is 28.4. The number of non-ortho nitro benzene ring substituents is 1. The predicted octanol–water partition coefficient (Wildman–Crippen LogP) is 7.00. The first-order valence-corrected chi connectivity index (χ1v) is 16.8. The number of ether oxygens (including phenoxy) is 2. The molecule has 0 radical (unpaired) electrons.